The van der Waals surface area contributed by atoms with Crippen LogP contribution in [0.25, 0.3) is 11.0 Å². The van der Waals surface area contributed by atoms with Crippen LogP contribution in [0.4, 0.5) is 0 Å². The van der Waals surface area contributed by atoms with E-state index in [1.54, 1.807) is 7.11 Å². The van der Waals surface area contributed by atoms with Gasteiger partial charge in [-0.1, -0.05) is 40.7 Å². The highest BCUT2D eigenvalue weighted by atomic mass is 79.9. The Labute approximate surface area is 143 Å². The van der Waals surface area contributed by atoms with Crippen molar-refractivity contribution in [3.8, 4) is 11.5 Å². The van der Waals surface area contributed by atoms with E-state index in [4.69, 9.17) is 9.47 Å². The van der Waals surface area contributed by atoms with Crippen molar-refractivity contribution in [3.63, 3.8) is 0 Å². The zero-order valence-corrected chi connectivity index (χ0v) is 14.4. The van der Waals surface area contributed by atoms with E-state index in [-0.39, 0.29) is 0 Å². The standard InChI is InChI=1S/C18H17BrN2O2/c1-13(19)11-21-17-9-4-3-8-16(17)20-18(21)12-23-15-7-5-6-14(10-15)22-2/h3-10H,1,11-12H2,2H3. The van der Waals surface area contributed by atoms with Gasteiger partial charge >= 0.3 is 0 Å². The number of fused-ring (bicyclic) bond motifs is 1. The molecule has 3 rings (SSSR count). The molecule has 0 atom stereocenters. The molecular formula is C18H17BrN2O2. The highest BCUT2D eigenvalue weighted by Gasteiger charge is 2.11. The van der Waals surface area contributed by atoms with Crippen molar-refractivity contribution in [2.45, 2.75) is 13.2 Å². The van der Waals surface area contributed by atoms with Crippen LogP contribution in [0.15, 0.2) is 59.6 Å². The first-order valence-corrected chi connectivity index (χ1v) is 8.01. The third-order valence-corrected chi connectivity index (χ3v) is 3.72. The Morgan fingerprint density at radius 1 is 1.17 bits per heavy atom. The number of ether oxygens (including phenoxy) is 2. The molecule has 1 heterocycles. The maximum Gasteiger partial charge on any atom is 0.148 e. The number of para-hydroxylation sites is 2. The summed E-state index contributed by atoms with van der Waals surface area (Å²) in [4.78, 5) is 4.67. The molecule has 4 nitrogen and oxygen atoms in total. The summed E-state index contributed by atoms with van der Waals surface area (Å²) >= 11 is 3.43. The van der Waals surface area contributed by atoms with Gasteiger partial charge in [0.1, 0.15) is 23.9 Å². The van der Waals surface area contributed by atoms with Gasteiger partial charge in [-0.3, -0.25) is 0 Å². The summed E-state index contributed by atoms with van der Waals surface area (Å²) in [5, 5.41) is 0. The van der Waals surface area contributed by atoms with Crippen LogP contribution in [0.5, 0.6) is 11.5 Å². The summed E-state index contributed by atoms with van der Waals surface area (Å²) in [5.74, 6) is 2.38. The molecule has 0 N–H and O–H groups in total. The second-order valence-electron chi connectivity index (χ2n) is 5.09. The molecule has 0 aliphatic heterocycles. The minimum atomic E-state index is 0.377. The topological polar surface area (TPSA) is 36.3 Å². The van der Waals surface area contributed by atoms with Gasteiger partial charge < -0.3 is 14.0 Å². The molecule has 23 heavy (non-hydrogen) atoms. The molecule has 5 heteroatoms. The Hall–Kier alpha value is -2.27. The van der Waals surface area contributed by atoms with Crippen molar-refractivity contribution in [1.82, 2.24) is 9.55 Å². The maximum absolute atomic E-state index is 5.88. The second-order valence-corrected chi connectivity index (χ2v) is 6.21. The smallest absolute Gasteiger partial charge is 0.148 e. The summed E-state index contributed by atoms with van der Waals surface area (Å²) in [5.41, 5.74) is 2.02. The summed E-state index contributed by atoms with van der Waals surface area (Å²) < 4.78 is 14.1. The number of benzene rings is 2. The van der Waals surface area contributed by atoms with Crippen LogP contribution in [-0.4, -0.2) is 16.7 Å². The molecule has 0 aliphatic rings. The van der Waals surface area contributed by atoms with E-state index in [1.807, 2.05) is 48.5 Å². The second kappa shape index (κ2) is 6.87. The SMILES string of the molecule is C=C(Br)Cn1c(COc2cccc(OC)c2)nc2ccccc21. The van der Waals surface area contributed by atoms with E-state index in [9.17, 15) is 0 Å². The summed E-state index contributed by atoms with van der Waals surface area (Å²) in [6.45, 7) is 4.96. The molecular weight excluding hydrogens is 356 g/mol. The highest BCUT2D eigenvalue weighted by molar-refractivity contribution is 9.11. The molecule has 2 aromatic carbocycles. The van der Waals surface area contributed by atoms with E-state index in [0.29, 0.717) is 13.2 Å². The van der Waals surface area contributed by atoms with Gasteiger partial charge in [0.05, 0.1) is 24.7 Å². The fourth-order valence-electron chi connectivity index (χ4n) is 2.42. The van der Waals surface area contributed by atoms with Gasteiger partial charge in [0.25, 0.3) is 0 Å². The third-order valence-electron chi connectivity index (χ3n) is 3.47. The van der Waals surface area contributed by atoms with Crippen molar-refractivity contribution in [2.75, 3.05) is 7.11 Å². The minimum absolute atomic E-state index is 0.377. The molecule has 0 radical (unpaired) electrons. The van der Waals surface area contributed by atoms with Crippen LogP contribution < -0.4 is 9.47 Å². The Balaban J connectivity index is 1.88. The molecule has 3 aromatic rings. The number of nitrogens with zero attached hydrogens (tertiary/aromatic N) is 2. The van der Waals surface area contributed by atoms with E-state index in [1.165, 1.54) is 0 Å². The van der Waals surface area contributed by atoms with E-state index < -0.39 is 0 Å². The van der Waals surface area contributed by atoms with E-state index in [0.717, 1.165) is 32.8 Å². The van der Waals surface area contributed by atoms with E-state index in [2.05, 4.69) is 32.1 Å². The molecule has 0 fully saturated rings. The summed E-state index contributed by atoms with van der Waals surface area (Å²) in [7, 11) is 1.64. The van der Waals surface area contributed by atoms with Gasteiger partial charge in [-0.15, -0.1) is 0 Å². The lowest BCUT2D eigenvalue weighted by atomic mass is 10.3. The largest absolute Gasteiger partial charge is 0.497 e. The van der Waals surface area contributed by atoms with Crippen LogP contribution in [0.2, 0.25) is 0 Å². The van der Waals surface area contributed by atoms with Crippen LogP contribution >= 0.6 is 15.9 Å². The number of halogens is 1. The van der Waals surface area contributed by atoms with Crippen LogP contribution in [0, 0.1) is 0 Å². The first-order valence-electron chi connectivity index (χ1n) is 7.21. The fraction of sp³-hybridized carbons (Fsp3) is 0.167. The monoisotopic (exact) mass is 372 g/mol. The van der Waals surface area contributed by atoms with Crippen LogP contribution in [-0.2, 0) is 13.2 Å². The number of hydrogen-bond donors (Lipinski definition) is 0. The number of aromatic nitrogens is 2. The first kappa shape index (κ1) is 15.6. The molecule has 0 saturated heterocycles. The first-order chi connectivity index (χ1) is 11.2. The fourth-order valence-corrected chi connectivity index (χ4v) is 2.67. The minimum Gasteiger partial charge on any atom is -0.497 e. The van der Waals surface area contributed by atoms with Crippen molar-refractivity contribution in [3.05, 3.63) is 65.4 Å². The highest BCUT2D eigenvalue weighted by Crippen LogP contribution is 2.22. The lowest BCUT2D eigenvalue weighted by Crippen LogP contribution is -2.07. The van der Waals surface area contributed by atoms with Crippen molar-refractivity contribution in [1.29, 1.82) is 0 Å². The molecule has 0 aliphatic carbocycles. The summed E-state index contributed by atoms with van der Waals surface area (Å²) in [6.07, 6.45) is 0. The van der Waals surface area contributed by atoms with Crippen molar-refractivity contribution >= 4 is 27.0 Å². The predicted molar refractivity (Wildman–Crippen MR) is 95.1 cm³/mol. The zero-order chi connectivity index (χ0) is 16.2. The number of hydrogen-bond acceptors (Lipinski definition) is 3. The molecule has 0 amide bonds. The molecule has 0 saturated carbocycles. The lowest BCUT2D eigenvalue weighted by Gasteiger charge is -2.10. The Morgan fingerprint density at radius 2 is 1.96 bits per heavy atom. The Morgan fingerprint density at radius 3 is 2.74 bits per heavy atom. The predicted octanol–water partition coefficient (Wildman–Crippen LogP) is 4.53. The number of rotatable bonds is 6. The van der Waals surface area contributed by atoms with Crippen molar-refractivity contribution in [2.24, 2.45) is 0 Å². The number of imidazole rings is 1. The van der Waals surface area contributed by atoms with E-state index >= 15 is 0 Å². The molecule has 118 valence electrons. The lowest BCUT2D eigenvalue weighted by molar-refractivity contribution is 0.289. The van der Waals surface area contributed by atoms with Crippen molar-refractivity contribution < 1.29 is 9.47 Å². The van der Waals surface area contributed by atoms with Gasteiger partial charge in [0.2, 0.25) is 0 Å². The van der Waals surface area contributed by atoms with Gasteiger partial charge in [0.15, 0.2) is 0 Å². The zero-order valence-electron chi connectivity index (χ0n) is 12.8. The van der Waals surface area contributed by atoms with Crippen LogP contribution in [0.1, 0.15) is 5.82 Å². The maximum atomic E-state index is 5.88. The molecule has 1 aromatic heterocycles. The van der Waals surface area contributed by atoms with Gasteiger partial charge in [0, 0.05) is 10.5 Å². The molecule has 0 bridgehead atoms. The number of allylic oxidation sites excluding steroid dienone is 1. The molecule has 0 unspecified atom stereocenters. The molecule has 0 spiro atoms. The van der Waals surface area contributed by atoms with Gasteiger partial charge in [-0.05, 0) is 24.3 Å². The summed E-state index contributed by atoms with van der Waals surface area (Å²) in [6, 6.07) is 15.6. The average molecular weight is 373 g/mol. The number of methoxy groups -OCH3 is 1. The van der Waals surface area contributed by atoms with Gasteiger partial charge in [-0.25, -0.2) is 4.98 Å². The van der Waals surface area contributed by atoms with Crippen LogP contribution in [0.3, 0.4) is 0 Å². The average Bonchev–Trinajstić information content (AvgIpc) is 2.90. The Kier molecular flexibility index (Phi) is 4.67. The quantitative estimate of drug-likeness (QED) is 0.637. The Bertz CT molecular complexity index is 842. The third kappa shape index (κ3) is 3.56. The normalized spacial score (nSPS) is 10.7. The van der Waals surface area contributed by atoms with Gasteiger partial charge in [-0.2, -0.15) is 0 Å².